The molecule has 1 aliphatic carbocycles. The van der Waals surface area contributed by atoms with Gasteiger partial charge in [0.25, 0.3) is 0 Å². The molecule has 188 valence electrons. The summed E-state index contributed by atoms with van der Waals surface area (Å²) in [5.74, 6) is -1.68. The minimum atomic E-state index is -1.16. The van der Waals surface area contributed by atoms with Gasteiger partial charge in [-0.1, -0.05) is 37.5 Å². The lowest BCUT2D eigenvalue weighted by Gasteiger charge is -2.34. The molecule has 3 fully saturated rings. The fraction of sp³-hybridized carbons (Fsp3) is 0.577. The molecule has 2 N–H and O–H groups in total. The van der Waals surface area contributed by atoms with E-state index >= 15 is 0 Å². The minimum Gasteiger partial charge on any atom is -0.497 e. The Morgan fingerprint density at radius 1 is 1.17 bits per heavy atom. The second kappa shape index (κ2) is 9.62. The van der Waals surface area contributed by atoms with Crippen LogP contribution in [0.4, 0.5) is 5.69 Å². The van der Waals surface area contributed by atoms with E-state index in [9.17, 15) is 14.4 Å². The zero-order valence-electron chi connectivity index (χ0n) is 20.2. The molecule has 4 aliphatic rings. The van der Waals surface area contributed by atoms with Gasteiger partial charge in [-0.3, -0.25) is 14.4 Å². The SMILES string of the molecule is COCCN1C(=O)[C@H]2C(C(=O)Nc3cccc(OC)c3)[C@H]3C=CC2(O3)C1C(=O)NC1CCCCC1. The summed E-state index contributed by atoms with van der Waals surface area (Å²) in [5, 5.41) is 6.08. The molecule has 35 heavy (non-hydrogen) atoms. The first kappa shape index (κ1) is 23.8. The molecule has 5 rings (SSSR count). The molecular formula is C26H33N3O6. The van der Waals surface area contributed by atoms with Gasteiger partial charge in [-0.15, -0.1) is 0 Å². The lowest BCUT2D eigenvalue weighted by atomic mass is 9.74. The van der Waals surface area contributed by atoms with Gasteiger partial charge < -0.3 is 29.7 Å². The Morgan fingerprint density at radius 2 is 1.97 bits per heavy atom. The largest absolute Gasteiger partial charge is 0.497 e. The molecule has 1 spiro atoms. The van der Waals surface area contributed by atoms with Gasteiger partial charge in [0.05, 0.1) is 31.7 Å². The zero-order valence-corrected chi connectivity index (χ0v) is 20.2. The molecule has 0 radical (unpaired) electrons. The number of methoxy groups -OCH3 is 2. The van der Waals surface area contributed by atoms with Crippen LogP contribution < -0.4 is 15.4 Å². The number of fused-ring (bicyclic) bond motifs is 1. The molecule has 3 heterocycles. The highest BCUT2D eigenvalue weighted by Crippen LogP contribution is 2.55. The number of hydrogen-bond acceptors (Lipinski definition) is 6. The van der Waals surface area contributed by atoms with Crippen LogP contribution in [-0.4, -0.2) is 73.8 Å². The zero-order chi connectivity index (χ0) is 24.6. The monoisotopic (exact) mass is 483 g/mol. The van der Waals surface area contributed by atoms with Crippen molar-refractivity contribution in [3.63, 3.8) is 0 Å². The highest BCUT2D eigenvalue weighted by Gasteiger charge is 2.72. The Labute approximate surface area is 205 Å². The van der Waals surface area contributed by atoms with Gasteiger partial charge in [-0.2, -0.15) is 0 Å². The highest BCUT2D eigenvalue weighted by molar-refractivity contribution is 6.02. The normalized spacial score (nSPS) is 31.5. The molecule has 1 aromatic rings. The van der Waals surface area contributed by atoms with Gasteiger partial charge in [0.1, 0.15) is 17.4 Å². The molecule has 2 bridgehead atoms. The molecule has 1 saturated carbocycles. The molecule has 3 unspecified atom stereocenters. The van der Waals surface area contributed by atoms with Crippen LogP contribution in [0, 0.1) is 11.8 Å². The lowest BCUT2D eigenvalue weighted by Crippen LogP contribution is -2.57. The number of anilines is 1. The van der Waals surface area contributed by atoms with Crippen molar-refractivity contribution in [2.45, 2.75) is 55.9 Å². The van der Waals surface area contributed by atoms with Gasteiger partial charge in [0, 0.05) is 31.5 Å². The van der Waals surface area contributed by atoms with E-state index in [4.69, 9.17) is 14.2 Å². The number of benzene rings is 1. The summed E-state index contributed by atoms with van der Waals surface area (Å²) in [5.41, 5.74) is -0.589. The fourth-order valence-electron chi connectivity index (χ4n) is 6.15. The Morgan fingerprint density at radius 3 is 2.71 bits per heavy atom. The maximum Gasteiger partial charge on any atom is 0.246 e. The Hall–Kier alpha value is -2.91. The molecule has 3 amide bonds. The second-order valence-corrected chi connectivity index (χ2v) is 9.79. The average Bonchev–Trinajstić information content (AvgIpc) is 3.50. The summed E-state index contributed by atoms with van der Waals surface area (Å²) in [4.78, 5) is 42.3. The van der Waals surface area contributed by atoms with E-state index in [1.165, 1.54) is 6.42 Å². The summed E-state index contributed by atoms with van der Waals surface area (Å²) in [6, 6.07) is 6.32. The smallest absolute Gasteiger partial charge is 0.246 e. The van der Waals surface area contributed by atoms with Crippen LogP contribution in [0.3, 0.4) is 0 Å². The summed E-state index contributed by atoms with van der Waals surface area (Å²) in [6.07, 6.45) is 8.30. The molecule has 5 atom stereocenters. The predicted octanol–water partition coefficient (Wildman–Crippen LogP) is 1.88. The van der Waals surface area contributed by atoms with Crippen molar-refractivity contribution in [3.8, 4) is 5.75 Å². The summed E-state index contributed by atoms with van der Waals surface area (Å²) in [7, 11) is 3.12. The van der Waals surface area contributed by atoms with Crippen LogP contribution in [-0.2, 0) is 23.9 Å². The van der Waals surface area contributed by atoms with Crippen LogP contribution in [0.2, 0.25) is 0 Å². The topological polar surface area (TPSA) is 106 Å². The van der Waals surface area contributed by atoms with Gasteiger partial charge in [0.15, 0.2) is 0 Å². The van der Waals surface area contributed by atoms with Crippen molar-refractivity contribution in [3.05, 3.63) is 36.4 Å². The van der Waals surface area contributed by atoms with E-state index in [0.717, 1.165) is 25.7 Å². The molecule has 3 aliphatic heterocycles. The van der Waals surface area contributed by atoms with Crippen molar-refractivity contribution < 1.29 is 28.6 Å². The van der Waals surface area contributed by atoms with Gasteiger partial charge in [-0.05, 0) is 25.0 Å². The number of amides is 3. The maximum absolute atomic E-state index is 13.7. The van der Waals surface area contributed by atoms with Gasteiger partial charge in [-0.25, -0.2) is 0 Å². The molecule has 9 nitrogen and oxygen atoms in total. The van der Waals surface area contributed by atoms with Crippen LogP contribution in [0.15, 0.2) is 36.4 Å². The molecule has 0 aromatic heterocycles. The molecule has 9 heteroatoms. The van der Waals surface area contributed by atoms with Crippen LogP contribution in [0.25, 0.3) is 0 Å². The van der Waals surface area contributed by atoms with E-state index in [1.807, 2.05) is 12.2 Å². The predicted molar refractivity (Wildman–Crippen MR) is 128 cm³/mol. The van der Waals surface area contributed by atoms with Crippen LogP contribution >= 0.6 is 0 Å². The number of likely N-dealkylation sites (tertiary alicyclic amines) is 1. The number of nitrogens with zero attached hydrogens (tertiary/aromatic N) is 1. The van der Waals surface area contributed by atoms with E-state index < -0.39 is 29.6 Å². The van der Waals surface area contributed by atoms with E-state index in [1.54, 1.807) is 43.4 Å². The third-order valence-electron chi connectivity index (χ3n) is 7.75. The maximum atomic E-state index is 13.7. The molecule has 1 aromatic carbocycles. The average molecular weight is 484 g/mol. The van der Waals surface area contributed by atoms with Gasteiger partial charge >= 0.3 is 0 Å². The standard InChI is InChI=1S/C26H33N3O6/c1-33-14-13-29-22(24(31)27-16-7-4-3-5-8-16)26-12-11-19(35-26)20(21(26)25(29)32)23(30)28-17-9-6-10-18(15-17)34-2/h6,9-12,15-16,19-22H,3-5,7-8,13-14H2,1-2H3,(H,27,31)(H,28,30)/t19-,20?,21-,22?,26?/m1/s1. The number of nitrogens with one attached hydrogen (secondary N) is 2. The molecular weight excluding hydrogens is 450 g/mol. The highest BCUT2D eigenvalue weighted by atomic mass is 16.5. The lowest BCUT2D eigenvalue weighted by molar-refractivity contribution is -0.142. The number of rotatable bonds is 8. The summed E-state index contributed by atoms with van der Waals surface area (Å²) >= 11 is 0. The van der Waals surface area contributed by atoms with Gasteiger partial charge in [0.2, 0.25) is 17.7 Å². The minimum absolute atomic E-state index is 0.0980. The third-order valence-corrected chi connectivity index (χ3v) is 7.75. The van der Waals surface area contributed by atoms with E-state index in [0.29, 0.717) is 11.4 Å². The van der Waals surface area contributed by atoms with Crippen molar-refractivity contribution in [2.75, 3.05) is 32.7 Å². The first-order chi connectivity index (χ1) is 17.0. The van der Waals surface area contributed by atoms with Crippen molar-refractivity contribution in [2.24, 2.45) is 11.8 Å². The first-order valence-corrected chi connectivity index (χ1v) is 12.4. The second-order valence-electron chi connectivity index (χ2n) is 9.79. The van der Waals surface area contributed by atoms with Crippen molar-refractivity contribution in [1.82, 2.24) is 10.2 Å². The van der Waals surface area contributed by atoms with Crippen molar-refractivity contribution >= 4 is 23.4 Å². The first-order valence-electron chi connectivity index (χ1n) is 12.4. The Kier molecular flexibility index (Phi) is 6.55. The summed E-state index contributed by atoms with van der Waals surface area (Å²) < 4.78 is 16.8. The quantitative estimate of drug-likeness (QED) is 0.547. The number of hydrogen-bond donors (Lipinski definition) is 2. The number of carbonyl (C=O) groups is 3. The Balaban J connectivity index is 1.41. The fourth-order valence-corrected chi connectivity index (χ4v) is 6.15. The Bertz CT molecular complexity index is 1020. The third kappa shape index (κ3) is 4.10. The van der Waals surface area contributed by atoms with Crippen LogP contribution in [0.1, 0.15) is 32.1 Å². The molecule has 2 saturated heterocycles. The van der Waals surface area contributed by atoms with E-state index in [2.05, 4.69) is 10.6 Å². The number of ether oxygens (including phenoxy) is 3. The number of carbonyl (C=O) groups excluding carboxylic acids is 3. The van der Waals surface area contributed by atoms with Crippen LogP contribution in [0.5, 0.6) is 5.75 Å². The van der Waals surface area contributed by atoms with E-state index in [-0.39, 0.29) is 36.9 Å². The summed E-state index contributed by atoms with van der Waals surface area (Å²) in [6.45, 7) is 0.540. The van der Waals surface area contributed by atoms with Crippen molar-refractivity contribution in [1.29, 1.82) is 0 Å².